The summed E-state index contributed by atoms with van der Waals surface area (Å²) in [5.74, 6) is -0.419. The zero-order valence-electron chi connectivity index (χ0n) is 11.0. The van der Waals surface area contributed by atoms with Crippen LogP contribution in [0.25, 0.3) is 0 Å². The summed E-state index contributed by atoms with van der Waals surface area (Å²) in [5.41, 5.74) is 0.488. The standard InChI is InChI=1S/C15H15FN2OS/c1-11(20-13-6-8-17-9-7-13)15(19)18-10-12-4-2-3-5-14(12)16/h2-9,11H,10H2,1H3,(H,18,19). The van der Waals surface area contributed by atoms with Crippen LogP contribution in [0.2, 0.25) is 0 Å². The molecule has 0 saturated carbocycles. The van der Waals surface area contributed by atoms with Gasteiger partial charge in [-0.2, -0.15) is 0 Å². The molecule has 0 saturated heterocycles. The van der Waals surface area contributed by atoms with E-state index in [1.165, 1.54) is 17.8 Å². The van der Waals surface area contributed by atoms with Crippen LogP contribution in [-0.2, 0) is 11.3 Å². The largest absolute Gasteiger partial charge is 0.351 e. The summed E-state index contributed by atoms with van der Waals surface area (Å²) in [5, 5.41) is 2.50. The number of nitrogens with zero attached hydrogens (tertiary/aromatic N) is 1. The van der Waals surface area contributed by atoms with Gasteiger partial charge in [-0.05, 0) is 25.1 Å². The smallest absolute Gasteiger partial charge is 0.233 e. The van der Waals surface area contributed by atoms with Crippen molar-refractivity contribution in [3.05, 3.63) is 60.2 Å². The lowest BCUT2D eigenvalue weighted by atomic mass is 10.2. The number of halogens is 1. The van der Waals surface area contributed by atoms with Crippen molar-refractivity contribution in [1.82, 2.24) is 10.3 Å². The Morgan fingerprint density at radius 1 is 1.30 bits per heavy atom. The van der Waals surface area contributed by atoms with Gasteiger partial charge in [0.25, 0.3) is 0 Å². The average Bonchev–Trinajstić information content (AvgIpc) is 2.47. The SMILES string of the molecule is CC(Sc1ccncc1)C(=O)NCc1ccccc1F. The third-order valence-electron chi connectivity index (χ3n) is 2.74. The van der Waals surface area contributed by atoms with Crippen LogP contribution in [-0.4, -0.2) is 16.1 Å². The summed E-state index contributed by atoms with van der Waals surface area (Å²) in [6, 6.07) is 10.1. The zero-order chi connectivity index (χ0) is 14.4. The van der Waals surface area contributed by atoms with Crippen molar-refractivity contribution in [2.45, 2.75) is 23.6 Å². The lowest BCUT2D eigenvalue weighted by molar-refractivity contribution is -0.120. The van der Waals surface area contributed by atoms with E-state index >= 15 is 0 Å². The summed E-state index contributed by atoms with van der Waals surface area (Å²) in [7, 11) is 0. The number of carbonyl (C=O) groups is 1. The molecule has 1 aromatic heterocycles. The van der Waals surface area contributed by atoms with Crippen LogP contribution in [0.3, 0.4) is 0 Å². The molecule has 0 aliphatic carbocycles. The van der Waals surface area contributed by atoms with Gasteiger partial charge in [0.2, 0.25) is 5.91 Å². The molecule has 0 aliphatic rings. The highest BCUT2D eigenvalue weighted by atomic mass is 32.2. The molecule has 2 aromatic rings. The normalized spacial score (nSPS) is 11.9. The molecule has 1 atom stereocenters. The van der Waals surface area contributed by atoms with E-state index in [2.05, 4.69) is 10.3 Å². The fourth-order valence-electron chi connectivity index (χ4n) is 1.64. The van der Waals surface area contributed by atoms with Gasteiger partial charge in [-0.15, -0.1) is 11.8 Å². The van der Waals surface area contributed by atoms with E-state index in [1.807, 2.05) is 19.1 Å². The summed E-state index contributed by atoms with van der Waals surface area (Å²) in [6.07, 6.45) is 3.37. The number of benzene rings is 1. The highest BCUT2D eigenvalue weighted by molar-refractivity contribution is 8.00. The van der Waals surface area contributed by atoms with Crippen molar-refractivity contribution >= 4 is 17.7 Å². The van der Waals surface area contributed by atoms with Gasteiger partial charge in [0.15, 0.2) is 0 Å². The van der Waals surface area contributed by atoms with E-state index < -0.39 is 0 Å². The second kappa shape index (κ2) is 7.05. The molecule has 3 nitrogen and oxygen atoms in total. The number of amides is 1. The number of hydrogen-bond acceptors (Lipinski definition) is 3. The molecule has 1 N–H and O–H groups in total. The molecular weight excluding hydrogens is 275 g/mol. The molecule has 20 heavy (non-hydrogen) atoms. The van der Waals surface area contributed by atoms with Gasteiger partial charge in [-0.3, -0.25) is 9.78 Å². The molecule has 0 radical (unpaired) electrons. The first kappa shape index (κ1) is 14.5. The minimum Gasteiger partial charge on any atom is -0.351 e. The topological polar surface area (TPSA) is 42.0 Å². The maximum Gasteiger partial charge on any atom is 0.233 e. The van der Waals surface area contributed by atoms with Gasteiger partial charge in [0.05, 0.1) is 5.25 Å². The molecule has 5 heteroatoms. The molecule has 0 fully saturated rings. The van der Waals surface area contributed by atoms with Crippen molar-refractivity contribution in [1.29, 1.82) is 0 Å². The lowest BCUT2D eigenvalue weighted by Gasteiger charge is -2.12. The van der Waals surface area contributed by atoms with E-state index in [9.17, 15) is 9.18 Å². The fourth-order valence-corrected chi connectivity index (χ4v) is 2.52. The third kappa shape index (κ3) is 4.06. The maximum absolute atomic E-state index is 13.4. The predicted molar refractivity (Wildman–Crippen MR) is 77.8 cm³/mol. The molecule has 1 amide bonds. The highest BCUT2D eigenvalue weighted by Crippen LogP contribution is 2.22. The first-order valence-corrected chi connectivity index (χ1v) is 7.12. The zero-order valence-corrected chi connectivity index (χ0v) is 11.9. The third-order valence-corrected chi connectivity index (χ3v) is 3.85. The molecule has 2 rings (SSSR count). The number of thioether (sulfide) groups is 1. The minimum atomic E-state index is -0.303. The van der Waals surface area contributed by atoms with E-state index in [-0.39, 0.29) is 23.5 Å². The molecule has 104 valence electrons. The Morgan fingerprint density at radius 2 is 2.00 bits per heavy atom. The summed E-state index contributed by atoms with van der Waals surface area (Å²) >= 11 is 1.45. The second-order valence-corrected chi connectivity index (χ2v) is 5.67. The Labute approximate surface area is 121 Å². The van der Waals surface area contributed by atoms with Gasteiger partial charge in [0, 0.05) is 29.4 Å². The van der Waals surface area contributed by atoms with Crippen molar-refractivity contribution < 1.29 is 9.18 Å². The number of carbonyl (C=O) groups excluding carboxylic acids is 1. The Morgan fingerprint density at radius 3 is 2.70 bits per heavy atom. The molecule has 0 bridgehead atoms. The maximum atomic E-state index is 13.4. The van der Waals surface area contributed by atoms with Crippen molar-refractivity contribution in [2.24, 2.45) is 0 Å². The summed E-state index contributed by atoms with van der Waals surface area (Å²) in [4.78, 5) is 16.9. The first-order valence-electron chi connectivity index (χ1n) is 6.24. The average molecular weight is 290 g/mol. The number of hydrogen-bond donors (Lipinski definition) is 1. The second-order valence-electron chi connectivity index (χ2n) is 4.25. The molecule has 1 heterocycles. The van der Waals surface area contributed by atoms with Gasteiger partial charge in [-0.25, -0.2) is 4.39 Å². The fraction of sp³-hybridized carbons (Fsp3) is 0.200. The van der Waals surface area contributed by atoms with Crippen LogP contribution in [0.5, 0.6) is 0 Å². The highest BCUT2D eigenvalue weighted by Gasteiger charge is 2.14. The Balaban J connectivity index is 1.87. The summed E-state index contributed by atoms with van der Waals surface area (Å²) in [6.45, 7) is 2.02. The first-order chi connectivity index (χ1) is 9.66. The molecule has 0 spiro atoms. The van der Waals surface area contributed by atoms with Gasteiger partial charge in [-0.1, -0.05) is 18.2 Å². The van der Waals surface area contributed by atoms with Crippen LogP contribution in [0, 0.1) is 5.82 Å². The molecule has 1 aromatic carbocycles. The van der Waals surface area contributed by atoms with E-state index in [1.54, 1.807) is 30.6 Å². The van der Waals surface area contributed by atoms with E-state index in [0.717, 1.165) is 4.90 Å². The summed E-state index contributed by atoms with van der Waals surface area (Å²) < 4.78 is 13.4. The molecule has 1 unspecified atom stereocenters. The number of aromatic nitrogens is 1. The lowest BCUT2D eigenvalue weighted by Crippen LogP contribution is -2.30. The van der Waals surface area contributed by atoms with Crippen LogP contribution < -0.4 is 5.32 Å². The Hall–Kier alpha value is -1.88. The number of nitrogens with one attached hydrogen (secondary N) is 1. The quantitative estimate of drug-likeness (QED) is 0.861. The number of rotatable bonds is 5. The van der Waals surface area contributed by atoms with Crippen molar-refractivity contribution in [2.75, 3.05) is 0 Å². The van der Waals surface area contributed by atoms with Crippen LogP contribution >= 0.6 is 11.8 Å². The van der Waals surface area contributed by atoms with Crippen LogP contribution in [0.1, 0.15) is 12.5 Å². The monoisotopic (exact) mass is 290 g/mol. The van der Waals surface area contributed by atoms with Gasteiger partial charge in [0.1, 0.15) is 5.82 Å². The van der Waals surface area contributed by atoms with Crippen molar-refractivity contribution in [3.63, 3.8) is 0 Å². The minimum absolute atomic E-state index is 0.116. The van der Waals surface area contributed by atoms with Crippen LogP contribution in [0.15, 0.2) is 53.7 Å². The Bertz CT molecular complexity index is 577. The van der Waals surface area contributed by atoms with E-state index in [4.69, 9.17) is 0 Å². The van der Waals surface area contributed by atoms with E-state index in [0.29, 0.717) is 5.56 Å². The van der Waals surface area contributed by atoms with Gasteiger partial charge >= 0.3 is 0 Å². The molecular formula is C15H15FN2OS. The van der Waals surface area contributed by atoms with Crippen LogP contribution in [0.4, 0.5) is 4.39 Å². The van der Waals surface area contributed by atoms with Gasteiger partial charge < -0.3 is 5.32 Å². The van der Waals surface area contributed by atoms with Crippen molar-refractivity contribution in [3.8, 4) is 0 Å². The predicted octanol–water partition coefficient (Wildman–Crippen LogP) is 3.02. The Kier molecular flexibility index (Phi) is 5.12. The number of pyridine rings is 1. The molecule has 0 aliphatic heterocycles.